The Morgan fingerprint density at radius 3 is 2.77 bits per heavy atom. The van der Waals surface area contributed by atoms with Crippen molar-refractivity contribution in [2.45, 2.75) is 46.3 Å². The Hall–Kier alpha value is -0.0800. The molecule has 0 radical (unpaired) electrons. The molecule has 2 nitrogen and oxygen atoms in total. The molecular weight excluding hydrogens is 164 g/mol. The summed E-state index contributed by atoms with van der Waals surface area (Å²) in [5.41, 5.74) is 0. The molecule has 2 atom stereocenters. The summed E-state index contributed by atoms with van der Waals surface area (Å²) < 4.78 is 11.2. The fraction of sp³-hybridized carbons (Fsp3) is 1.00. The first-order valence-corrected chi connectivity index (χ1v) is 5.47. The van der Waals surface area contributed by atoms with Crippen LogP contribution in [0, 0.1) is 11.8 Å². The molecule has 0 bridgehead atoms. The summed E-state index contributed by atoms with van der Waals surface area (Å²) in [6.07, 6.45) is 3.51. The number of unbranched alkanes of at least 4 members (excludes halogenated alkanes) is 1. The van der Waals surface area contributed by atoms with Gasteiger partial charge in [-0.15, -0.1) is 0 Å². The lowest BCUT2D eigenvalue weighted by Crippen LogP contribution is -2.12. The van der Waals surface area contributed by atoms with Gasteiger partial charge < -0.3 is 9.47 Å². The molecule has 13 heavy (non-hydrogen) atoms. The van der Waals surface area contributed by atoms with E-state index in [4.69, 9.17) is 9.47 Å². The largest absolute Gasteiger partial charge is 0.353 e. The minimum Gasteiger partial charge on any atom is -0.353 e. The minimum atomic E-state index is 0.0824. The van der Waals surface area contributed by atoms with Crippen molar-refractivity contribution >= 4 is 0 Å². The quantitative estimate of drug-likeness (QED) is 0.615. The zero-order valence-corrected chi connectivity index (χ0v) is 9.08. The van der Waals surface area contributed by atoms with E-state index >= 15 is 0 Å². The Labute approximate surface area is 81.6 Å². The second-order valence-electron chi connectivity index (χ2n) is 4.23. The summed E-state index contributed by atoms with van der Waals surface area (Å²) >= 11 is 0. The first-order valence-electron chi connectivity index (χ1n) is 5.47. The first kappa shape index (κ1) is 11.0. The van der Waals surface area contributed by atoms with Gasteiger partial charge in [0.15, 0.2) is 6.29 Å². The maximum absolute atomic E-state index is 5.60. The Balaban J connectivity index is 2.10. The molecule has 0 aromatic rings. The summed E-state index contributed by atoms with van der Waals surface area (Å²) in [4.78, 5) is 0. The summed E-state index contributed by atoms with van der Waals surface area (Å²) in [6, 6.07) is 0. The highest BCUT2D eigenvalue weighted by molar-refractivity contribution is 4.70. The van der Waals surface area contributed by atoms with Gasteiger partial charge in [0.25, 0.3) is 0 Å². The molecule has 1 saturated heterocycles. The first-order chi connectivity index (χ1) is 6.24. The minimum absolute atomic E-state index is 0.0824. The van der Waals surface area contributed by atoms with E-state index in [1.54, 1.807) is 0 Å². The van der Waals surface area contributed by atoms with Crippen LogP contribution in [-0.2, 0) is 9.47 Å². The van der Waals surface area contributed by atoms with E-state index in [1.807, 2.05) is 0 Å². The zero-order chi connectivity index (χ0) is 9.68. The molecule has 2 heteroatoms. The van der Waals surface area contributed by atoms with Crippen LogP contribution in [0.25, 0.3) is 0 Å². The van der Waals surface area contributed by atoms with Gasteiger partial charge in [0, 0.05) is 13.0 Å². The van der Waals surface area contributed by atoms with Crippen molar-refractivity contribution in [2.24, 2.45) is 11.8 Å². The average Bonchev–Trinajstić information content (AvgIpc) is 2.53. The molecule has 0 aromatic carbocycles. The molecule has 1 heterocycles. The van der Waals surface area contributed by atoms with Crippen LogP contribution in [0.4, 0.5) is 0 Å². The van der Waals surface area contributed by atoms with E-state index in [1.165, 1.54) is 6.42 Å². The molecule has 1 aliphatic rings. The number of rotatable bonds is 5. The van der Waals surface area contributed by atoms with E-state index < -0.39 is 0 Å². The average molecular weight is 186 g/mol. The topological polar surface area (TPSA) is 18.5 Å². The van der Waals surface area contributed by atoms with Crippen LogP contribution in [0.3, 0.4) is 0 Å². The van der Waals surface area contributed by atoms with Crippen LogP contribution in [0.15, 0.2) is 0 Å². The van der Waals surface area contributed by atoms with Gasteiger partial charge in [-0.1, -0.05) is 27.2 Å². The Morgan fingerprint density at radius 1 is 1.46 bits per heavy atom. The fourth-order valence-electron chi connectivity index (χ4n) is 1.55. The second-order valence-corrected chi connectivity index (χ2v) is 4.23. The van der Waals surface area contributed by atoms with Crippen LogP contribution in [0.1, 0.15) is 40.0 Å². The normalized spacial score (nSPS) is 28.6. The highest BCUT2D eigenvalue weighted by Gasteiger charge is 2.27. The van der Waals surface area contributed by atoms with Crippen molar-refractivity contribution in [3.05, 3.63) is 0 Å². The molecule has 1 aliphatic heterocycles. The number of hydrogen-bond acceptors (Lipinski definition) is 2. The second kappa shape index (κ2) is 5.61. The highest BCUT2D eigenvalue weighted by Crippen LogP contribution is 2.26. The molecule has 0 aromatic heterocycles. The maximum Gasteiger partial charge on any atom is 0.157 e. The molecule has 0 saturated carbocycles. The van der Waals surface area contributed by atoms with E-state index in [2.05, 4.69) is 20.8 Å². The molecule has 0 spiro atoms. The van der Waals surface area contributed by atoms with E-state index in [-0.39, 0.29) is 6.29 Å². The SMILES string of the molecule is CCCCOC1C[C@H](C(C)C)CO1. The van der Waals surface area contributed by atoms with Gasteiger partial charge >= 0.3 is 0 Å². The summed E-state index contributed by atoms with van der Waals surface area (Å²) in [5.74, 6) is 1.42. The number of hydrogen-bond donors (Lipinski definition) is 0. The Kier molecular flexibility index (Phi) is 4.74. The van der Waals surface area contributed by atoms with Crippen molar-refractivity contribution in [3.63, 3.8) is 0 Å². The van der Waals surface area contributed by atoms with Gasteiger partial charge in [0.2, 0.25) is 0 Å². The highest BCUT2D eigenvalue weighted by atomic mass is 16.7. The van der Waals surface area contributed by atoms with Crippen LogP contribution >= 0.6 is 0 Å². The third-order valence-corrected chi connectivity index (χ3v) is 2.74. The molecule has 1 unspecified atom stereocenters. The van der Waals surface area contributed by atoms with E-state index in [0.29, 0.717) is 5.92 Å². The van der Waals surface area contributed by atoms with Crippen molar-refractivity contribution in [2.75, 3.05) is 13.2 Å². The van der Waals surface area contributed by atoms with Gasteiger partial charge in [0.05, 0.1) is 6.61 Å². The number of ether oxygens (including phenoxy) is 2. The lowest BCUT2D eigenvalue weighted by Gasteiger charge is -2.12. The fourth-order valence-corrected chi connectivity index (χ4v) is 1.55. The summed E-state index contributed by atoms with van der Waals surface area (Å²) in [6.45, 7) is 8.42. The molecule has 1 fully saturated rings. The van der Waals surface area contributed by atoms with Gasteiger partial charge in [-0.3, -0.25) is 0 Å². The third-order valence-electron chi connectivity index (χ3n) is 2.74. The monoisotopic (exact) mass is 186 g/mol. The van der Waals surface area contributed by atoms with Crippen molar-refractivity contribution in [1.82, 2.24) is 0 Å². The lowest BCUT2D eigenvalue weighted by molar-refractivity contribution is -0.111. The van der Waals surface area contributed by atoms with E-state index in [9.17, 15) is 0 Å². The van der Waals surface area contributed by atoms with Crippen LogP contribution in [0.2, 0.25) is 0 Å². The predicted molar refractivity (Wildman–Crippen MR) is 53.5 cm³/mol. The van der Waals surface area contributed by atoms with Crippen LogP contribution < -0.4 is 0 Å². The molecule has 1 rings (SSSR count). The summed E-state index contributed by atoms with van der Waals surface area (Å²) in [5, 5.41) is 0. The molecule has 0 amide bonds. The molecule has 0 N–H and O–H groups in total. The van der Waals surface area contributed by atoms with Crippen LogP contribution in [-0.4, -0.2) is 19.5 Å². The standard InChI is InChI=1S/C11H22O2/c1-4-5-6-12-11-7-10(8-13-11)9(2)3/h9-11H,4-8H2,1-3H3/t10-,11?/m0/s1. The Morgan fingerprint density at radius 2 is 2.23 bits per heavy atom. The molecule has 0 aliphatic carbocycles. The van der Waals surface area contributed by atoms with Crippen molar-refractivity contribution < 1.29 is 9.47 Å². The zero-order valence-electron chi connectivity index (χ0n) is 9.08. The Bertz CT molecular complexity index is 134. The van der Waals surface area contributed by atoms with Gasteiger partial charge in [-0.2, -0.15) is 0 Å². The van der Waals surface area contributed by atoms with Gasteiger partial charge in [0.1, 0.15) is 0 Å². The third kappa shape index (κ3) is 3.65. The molecular formula is C11H22O2. The lowest BCUT2D eigenvalue weighted by atomic mass is 9.95. The van der Waals surface area contributed by atoms with Crippen molar-refractivity contribution in [1.29, 1.82) is 0 Å². The van der Waals surface area contributed by atoms with Crippen molar-refractivity contribution in [3.8, 4) is 0 Å². The van der Waals surface area contributed by atoms with Gasteiger partial charge in [-0.05, 0) is 18.3 Å². The summed E-state index contributed by atoms with van der Waals surface area (Å²) in [7, 11) is 0. The molecule has 78 valence electrons. The predicted octanol–water partition coefficient (Wildman–Crippen LogP) is 2.82. The van der Waals surface area contributed by atoms with Gasteiger partial charge in [-0.25, -0.2) is 0 Å². The van der Waals surface area contributed by atoms with Crippen LogP contribution in [0.5, 0.6) is 0 Å². The smallest absolute Gasteiger partial charge is 0.157 e. The maximum atomic E-state index is 5.60. The van der Waals surface area contributed by atoms with E-state index in [0.717, 1.165) is 32.0 Å².